The first-order valence-corrected chi connectivity index (χ1v) is 7.65. The molecule has 0 saturated heterocycles. The fraction of sp³-hybridized carbons (Fsp3) is 0.375. The molecule has 0 radical (unpaired) electrons. The molecule has 0 bridgehead atoms. The Morgan fingerprint density at radius 3 is 2.86 bits per heavy atom. The van der Waals surface area contributed by atoms with Crippen LogP contribution in [0.5, 0.6) is 0 Å². The normalized spacial score (nSPS) is 11.0. The molecule has 1 heterocycles. The molecule has 0 spiro atoms. The third-order valence-corrected chi connectivity index (χ3v) is 3.51. The summed E-state index contributed by atoms with van der Waals surface area (Å²) >= 11 is 6.04. The average molecular weight is 322 g/mol. The Morgan fingerprint density at radius 1 is 1.45 bits per heavy atom. The van der Waals surface area contributed by atoms with Gasteiger partial charge in [0.25, 0.3) is 5.91 Å². The number of aliphatic hydroxyl groups excluding tert-OH is 1. The number of rotatable bonds is 6. The third kappa shape index (κ3) is 3.67. The van der Waals surface area contributed by atoms with Crippen LogP contribution in [0.2, 0.25) is 5.02 Å². The van der Waals surface area contributed by atoms with Gasteiger partial charge in [-0.2, -0.15) is 5.10 Å². The van der Waals surface area contributed by atoms with Gasteiger partial charge in [-0.1, -0.05) is 31.5 Å². The molecule has 1 aromatic heterocycles. The van der Waals surface area contributed by atoms with Crippen LogP contribution in [0.3, 0.4) is 0 Å². The quantitative estimate of drug-likeness (QED) is 0.804. The minimum Gasteiger partial charge on any atom is -0.396 e. The Hall–Kier alpha value is -1.85. The van der Waals surface area contributed by atoms with Gasteiger partial charge in [0, 0.05) is 18.2 Å². The lowest BCUT2D eigenvalue weighted by atomic mass is 10.0. The smallest absolute Gasteiger partial charge is 0.254 e. The van der Waals surface area contributed by atoms with Crippen molar-refractivity contribution in [1.82, 2.24) is 15.1 Å². The van der Waals surface area contributed by atoms with Gasteiger partial charge in [0.2, 0.25) is 0 Å². The second kappa shape index (κ2) is 7.42. The van der Waals surface area contributed by atoms with E-state index in [2.05, 4.69) is 10.4 Å². The summed E-state index contributed by atoms with van der Waals surface area (Å²) in [6, 6.07) is 7.36. The predicted molar refractivity (Wildman–Crippen MR) is 86.7 cm³/mol. The van der Waals surface area contributed by atoms with Crippen molar-refractivity contribution in [1.29, 1.82) is 0 Å². The van der Waals surface area contributed by atoms with Crippen LogP contribution in [0.1, 0.15) is 42.2 Å². The van der Waals surface area contributed by atoms with Gasteiger partial charge in [-0.05, 0) is 30.5 Å². The van der Waals surface area contributed by atoms with Crippen LogP contribution < -0.4 is 5.32 Å². The number of aromatic nitrogens is 2. The molecular weight excluding hydrogens is 302 g/mol. The molecule has 0 atom stereocenters. The molecule has 0 aliphatic heterocycles. The summed E-state index contributed by atoms with van der Waals surface area (Å²) in [7, 11) is 0. The molecule has 5 nitrogen and oxygen atoms in total. The van der Waals surface area contributed by atoms with Crippen LogP contribution in [-0.4, -0.2) is 33.9 Å². The van der Waals surface area contributed by atoms with Gasteiger partial charge in [0.05, 0.1) is 23.1 Å². The standard InChI is InChI=1S/C16H20ClN3O2/c1-11(2)15-14(16(22)18-7-4-8-21)10-19-20(15)13-6-3-5-12(17)9-13/h3,5-6,9-11,21H,4,7-8H2,1-2H3,(H,18,22). The molecule has 0 saturated carbocycles. The van der Waals surface area contributed by atoms with Crippen molar-refractivity contribution < 1.29 is 9.90 Å². The molecule has 1 amide bonds. The average Bonchev–Trinajstić information content (AvgIpc) is 2.92. The Bertz CT molecular complexity index is 653. The van der Waals surface area contributed by atoms with E-state index in [1.54, 1.807) is 16.9 Å². The molecule has 2 N–H and O–H groups in total. The summed E-state index contributed by atoms with van der Waals surface area (Å²) < 4.78 is 1.75. The highest BCUT2D eigenvalue weighted by Crippen LogP contribution is 2.24. The summed E-state index contributed by atoms with van der Waals surface area (Å²) in [5.74, 6) is -0.0505. The van der Waals surface area contributed by atoms with Crippen LogP contribution in [0, 0.1) is 0 Å². The topological polar surface area (TPSA) is 67.2 Å². The molecule has 2 rings (SSSR count). The molecule has 6 heteroatoms. The third-order valence-electron chi connectivity index (χ3n) is 3.27. The molecule has 2 aromatic rings. The van der Waals surface area contributed by atoms with Gasteiger partial charge in [0.1, 0.15) is 0 Å². The van der Waals surface area contributed by atoms with Crippen molar-refractivity contribution in [2.75, 3.05) is 13.2 Å². The Labute approximate surface area is 134 Å². The van der Waals surface area contributed by atoms with Gasteiger partial charge in [0.15, 0.2) is 0 Å². The number of nitrogens with one attached hydrogen (secondary N) is 1. The maximum atomic E-state index is 12.3. The largest absolute Gasteiger partial charge is 0.396 e. The number of carbonyl (C=O) groups excluding carboxylic acids is 1. The zero-order chi connectivity index (χ0) is 16.1. The molecule has 1 aromatic carbocycles. The highest BCUT2D eigenvalue weighted by molar-refractivity contribution is 6.30. The first-order chi connectivity index (χ1) is 10.5. The van der Waals surface area contributed by atoms with E-state index in [0.29, 0.717) is 23.6 Å². The Kier molecular flexibility index (Phi) is 5.57. The van der Waals surface area contributed by atoms with Gasteiger partial charge in [-0.25, -0.2) is 4.68 Å². The number of halogens is 1. The molecule has 0 aliphatic carbocycles. The van der Waals surface area contributed by atoms with Gasteiger partial charge in [-0.3, -0.25) is 4.79 Å². The molecule has 118 valence electrons. The van der Waals surface area contributed by atoms with Crippen molar-refractivity contribution in [3.63, 3.8) is 0 Å². The summed E-state index contributed by atoms with van der Waals surface area (Å²) in [5, 5.41) is 16.6. The number of benzene rings is 1. The molecule has 0 fully saturated rings. The number of carbonyl (C=O) groups is 1. The number of nitrogens with zero attached hydrogens (tertiary/aromatic N) is 2. The fourth-order valence-electron chi connectivity index (χ4n) is 2.28. The zero-order valence-electron chi connectivity index (χ0n) is 12.7. The van der Waals surface area contributed by atoms with E-state index in [1.807, 2.05) is 32.0 Å². The van der Waals surface area contributed by atoms with E-state index in [-0.39, 0.29) is 18.4 Å². The SMILES string of the molecule is CC(C)c1c(C(=O)NCCCO)cnn1-c1cccc(Cl)c1. The molecule has 22 heavy (non-hydrogen) atoms. The second-order valence-corrected chi connectivity index (χ2v) is 5.76. The maximum Gasteiger partial charge on any atom is 0.254 e. The highest BCUT2D eigenvalue weighted by Gasteiger charge is 2.20. The van der Waals surface area contributed by atoms with Crippen molar-refractivity contribution in [2.24, 2.45) is 0 Å². The number of hydrogen-bond donors (Lipinski definition) is 2. The zero-order valence-corrected chi connectivity index (χ0v) is 13.5. The summed E-state index contributed by atoms with van der Waals surface area (Å²) in [6.45, 7) is 4.53. The maximum absolute atomic E-state index is 12.3. The highest BCUT2D eigenvalue weighted by atomic mass is 35.5. The monoisotopic (exact) mass is 321 g/mol. The van der Waals surface area contributed by atoms with Crippen LogP contribution in [0.15, 0.2) is 30.5 Å². The molecule has 0 aliphatic rings. The van der Waals surface area contributed by atoms with Crippen molar-refractivity contribution >= 4 is 17.5 Å². The molecule has 0 unspecified atom stereocenters. The van der Waals surface area contributed by atoms with Gasteiger partial charge >= 0.3 is 0 Å². The lowest BCUT2D eigenvalue weighted by Gasteiger charge is -2.13. The number of hydrogen-bond acceptors (Lipinski definition) is 3. The van der Waals surface area contributed by atoms with E-state index >= 15 is 0 Å². The van der Waals surface area contributed by atoms with Crippen LogP contribution >= 0.6 is 11.6 Å². The van der Waals surface area contributed by atoms with Crippen molar-refractivity contribution in [3.8, 4) is 5.69 Å². The summed E-state index contributed by atoms with van der Waals surface area (Å²) in [4.78, 5) is 12.3. The minimum absolute atomic E-state index is 0.0547. The first kappa shape index (κ1) is 16.5. The van der Waals surface area contributed by atoms with Crippen LogP contribution in [-0.2, 0) is 0 Å². The van der Waals surface area contributed by atoms with Crippen molar-refractivity contribution in [3.05, 3.63) is 46.7 Å². The van der Waals surface area contributed by atoms with Crippen LogP contribution in [0.25, 0.3) is 5.69 Å². The van der Waals surface area contributed by atoms with E-state index in [1.165, 1.54) is 0 Å². The first-order valence-electron chi connectivity index (χ1n) is 7.27. The lowest BCUT2D eigenvalue weighted by Crippen LogP contribution is -2.26. The number of aliphatic hydroxyl groups is 1. The Balaban J connectivity index is 2.35. The summed E-state index contributed by atoms with van der Waals surface area (Å²) in [5.41, 5.74) is 2.21. The predicted octanol–water partition coefficient (Wildman–Crippen LogP) is 2.76. The van der Waals surface area contributed by atoms with Gasteiger partial charge < -0.3 is 10.4 Å². The fourth-order valence-corrected chi connectivity index (χ4v) is 2.46. The Morgan fingerprint density at radius 2 is 2.23 bits per heavy atom. The van der Waals surface area contributed by atoms with E-state index in [9.17, 15) is 4.79 Å². The van der Waals surface area contributed by atoms with Gasteiger partial charge in [-0.15, -0.1) is 0 Å². The number of amides is 1. The summed E-state index contributed by atoms with van der Waals surface area (Å²) in [6.07, 6.45) is 2.11. The van der Waals surface area contributed by atoms with E-state index in [4.69, 9.17) is 16.7 Å². The van der Waals surface area contributed by atoms with E-state index < -0.39 is 0 Å². The lowest BCUT2D eigenvalue weighted by molar-refractivity contribution is 0.0950. The van der Waals surface area contributed by atoms with E-state index in [0.717, 1.165) is 11.4 Å². The second-order valence-electron chi connectivity index (χ2n) is 5.32. The van der Waals surface area contributed by atoms with Crippen molar-refractivity contribution in [2.45, 2.75) is 26.2 Å². The minimum atomic E-state index is -0.176. The molecular formula is C16H20ClN3O2. The van der Waals surface area contributed by atoms with Crippen LogP contribution in [0.4, 0.5) is 0 Å².